The average Bonchev–Trinajstić information content (AvgIpc) is 2.85. The lowest BCUT2D eigenvalue weighted by molar-refractivity contribution is 0.279. The summed E-state index contributed by atoms with van der Waals surface area (Å²) in [6, 6.07) is 9.26. The fraction of sp³-hybridized carbons (Fsp3) is 0.600. The summed E-state index contributed by atoms with van der Waals surface area (Å²) in [5.74, 6) is 0. The third-order valence-corrected chi connectivity index (χ3v) is 3.74. The number of anilines is 1. The summed E-state index contributed by atoms with van der Waals surface area (Å²) in [5.41, 5.74) is 2.74. The number of nitrogens with one attached hydrogen (secondary N) is 1. The van der Waals surface area contributed by atoms with Crippen molar-refractivity contribution < 1.29 is 5.11 Å². The number of aliphatic hydroxyl groups is 1. The van der Waals surface area contributed by atoms with Gasteiger partial charge >= 0.3 is 0 Å². The maximum atomic E-state index is 8.99. The minimum Gasteiger partial charge on any atom is -0.396 e. The Kier molecular flexibility index (Phi) is 5.02. The van der Waals surface area contributed by atoms with Gasteiger partial charge in [0, 0.05) is 31.4 Å². The molecule has 1 aliphatic rings. The number of nitrogens with zero attached hydrogens (tertiary/aromatic N) is 1. The second-order valence-corrected chi connectivity index (χ2v) is 5.01. The van der Waals surface area contributed by atoms with Gasteiger partial charge in [-0.25, -0.2) is 0 Å². The van der Waals surface area contributed by atoms with Gasteiger partial charge in [-0.05, 0) is 44.4 Å². The van der Waals surface area contributed by atoms with E-state index in [-0.39, 0.29) is 0 Å². The van der Waals surface area contributed by atoms with Crippen LogP contribution in [0.2, 0.25) is 0 Å². The molecule has 1 aromatic rings. The monoisotopic (exact) mass is 248 g/mol. The highest BCUT2D eigenvalue weighted by molar-refractivity contribution is 5.55. The van der Waals surface area contributed by atoms with E-state index in [4.69, 9.17) is 5.11 Å². The molecule has 0 radical (unpaired) electrons. The standard InChI is InChI=1S/C15H24N2O/c1-16-12-13-6-2-3-9-15(13)17-10-4-7-14(17)8-5-11-18/h2-3,6,9,14,16,18H,4-5,7-8,10-12H2,1H3. The number of benzene rings is 1. The SMILES string of the molecule is CNCc1ccccc1N1CCCC1CCCO. The van der Waals surface area contributed by atoms with Crippen LogP contribution >= 0.6 is 0 Å². The Bertz CT molecular complexity index is 367. The number of hydrogen-bond acceptors (Lipinski definition) is 3. The first-order valence-electron chi connectivity index (χ1n) is 6.97. The van der Waals surface area contributed by atoms with E-state index in [1.165, 1.54) is 24.1 Å². The molecule has 1 saturated heterocycles. The van der Waals surface area contributed by atoms with Crippen molar-refractivity contribution in [3.63, 3.8) is 0 Å². The fourth-order valence-corrected chi connectivity index (χ4v) is 2.91. The maximum absolute atomic E-state index is 8.99. The zero-order valence-corrected chi connectivity index (χ0v) is 11.2. The second-order valence-electron chi connectivity index (χ2n) is 5.01. The van der Waals surface area contributed by atoms with Gasteiger partial charge in [-0.3, -0.25) is 0 Å². The van der Waals surface area contributed by atoms with Gasteiger partial charge in [0.2, 0.25) is 0 Å². The summed E-state index contributed by atoms with van der Waals surface area (Å²) in [7, 11) is 1.99. The maximum Gasteiger partial charge on any atom is 0.0431 e. The van der Waals surface area contributed by atoms with Crippen LogP contribution in [0.15, 0.2) is 24.3 Å². The molecule has 1 heterocycles. The van der Waals surface area contributed by atoms with Crippen molar-refractivity contribution >= 4 is 5.69 Å². The first-order chi connectivity index (χ1) is 8.86. The number of hydrogen-bond donors (Lipinski definition) is 2. The van der Waals surface area contributed by atoms with E-state index < -0.39 is 0 Å². The summed E-state index contributed by atoms with van der Waals surface area (Å²) in [6.07, 6.45) is 4.54. The zero-order valence-electron chi connectivity index (χ0n) is 11.2. The molecule has 0 aromatic heterocycles. The lowest BCUT2D eigenvalue weighted by Crippen LogP contribution is -2.30. The molecule has 1 aromatic carbocycles. The van der Waals surface area contributed by atoms with Crippen LogP contribution < -0.4 is 10.2 Å². The van der Waals surface area contributed by atoms with Gasteiger partial charge in [0.05, 0.1) is 0 Å². The summed E-state index contributed by atoms with van der Waals surface area (Å²) >= 11 is 0. The summed E-state index contributed by atoms with van der Waals surface area (Å²) in [6.45, 7) is 2.37. The van der Waals surface area contributed by atoms with Gasteiger partial charge in [-0.15, -0.1) is 0 Å². The first-order valence-corrected chi connectivity index (χ1v) is 6.97. The molecular formula is C15H24N2O. The van der Waals surface area contributed by atoms with Crippen molar-refractivity contribution in [2.75, 3.05) is 25.1 Å². The van der Waals surface area contributed by atoms with Gasteiger partial charge in [0.25, 0.3) is 0 Å². The lowest BCUT2D eigenvalue weighted by atomic mass is 10.1. The van der Waals surface area contributed by atoms with Crippen LogP contribution in [0.4, 0.5) is 5.69 Å². The Morgan fingerprint density at radius 2 is 2.22 bits per heavy atom. The smallest absolute Gasteiger partial charge is 0.0431 e. The van der Waals surface area contributed by atoms with Crippen molar-refractivity contribution in [3.05, 3.63) is 29.8 Å². The third-order valence-electron chi connectivity index (χ3n) is 3.74. The minimum absolute atomic E-state index is 0.308. The highest BCUT2D eigenvalue weighted by atomic mass is 16.2. The van der Waals surface area contributed by atoms with Crippen LogP contribution in [0, 0.1) is 0 Å². The van der Waals surface area contributed by atoms with Crippen LogP contribution in [0.3, 0.4) is 0 Å². The number of para-hydroxylation sites is 1. The van der Waals surface area contributed by atoms with Gasteiger partial charge in [0.1, 0.15) is 0 Å². The minimum atomic E-state index is 0.308. The molecule has 2 rings (SSSR count). The molecule has 0 bridgehead atoms. The molecular weight excluding hydrogens is 224 g/mol. The Hall–Kier alpha value is -1.06. The predicted molar refractivity (Wildman–Crippen MR) is 75.9 cm³/mol. The van der Waals surface area contributed by atoms with E-state index in [1.807, 2.05) is 7.05 Å². The van der Waals surface area contributed by atoms with Crippen LogP contribution in [0.5, 0.6) is 0 Å². The van der Waals surface area contributed by atoms with Gasteiger partial charge in [0.15, 0.2) is 0 Å². The van der Waals surface area contributed by atoms with E-state index in [2.05, 4.69) is 34.5 Å². The highest BCUT2D eigenvalue weighted by Gasteiger charge is 2.25. The van der Waals surface area contributed by atoms with Gasteiger partial charge in [-0.2, -0.15) is 0 Å². The molecule has 1 fully saturated rings. The summed E-state index contributed by atoms with van der Waals surface area (Å²) < 4.78 is 0. The Balaban J connectivity index is 2.13. The zero-order chi connectivity index (χ0) is 12.8. The summed E-state index contributed by atoms with van der Waals surface area (Å²) in [5, 5.41) is 12.2. The van der Waals surface area contributed by atoms with E-state index >= 15 is 0 Å². The van der Waals surface area contributed by atoms with E-state index in [1.54, 1.807) is 0 Å². The van der Waals surface area contributed by atoms with Crippen molar-refractivity contribution in [2.24, 2.45) is 0 Å². The molecule has 1 aliphatic heterocycles. The average molecular weight is 248 g/mol. The van der Waals surface area contributed by atoms with Crippen molar-refractivity contribution in [2.45, 2.75) is 38.3 Å². The number of aliphatic hydroxyl groups excluding tert-OH is 1. The normalized spacial score (nSPS) is 19.4. The van der Waals surface area contributed by atoms with Crippen LogP contribution in [0.1, 0.15) is 31.2 Å². The Morgan fingerprint density at radius 1 is 1.39 bits per heavy atom. The first kappa shape index (κ1) is 13.4. The van der Waals surface area contributed by atoms with Crippen LogP contribution in [-0.4, -0.2) is 31.3 Å². The predicted octanol–water partition coefficient (Wildman–Crippen LogP) is 2.15. The molecule has 0 amide bonds. The van der Waals surface area contributed by atoms with Crippen molar-refractivity contribution in [3.8, 4) is 0 Å². The largest absolute Gasteiger partial charge is 0.396 e. The lowest BCUT2D eigenvalue weighted by Gasteiger charge is -2.29. The van der Waals surface area contributed by atoms with Gasteiger partial charge in [-0.1, -0.05) is 18.2 Å². The molecule has 1 atom stereocenters. The van der Waals surface area contributed by atoms with Crippen LogP contribution in [0.25, 0.3) is 0 Å². The van der Waals surface area contributed by atoms with Crippen LogP contribution in [-0.2, 0) is 6.54 Å². The Labute approximate surface area is 110 Å². The molecule has 3 nitrogen and oxygen atoms in total. The highest BCUT2D eigenvalue weighted by Crippen LogP contribution is 2.30. The topological polar surface area (TPSA) is 35.5 Å². The molecule has 2 N–H and O–H groups in total. The molecule has 18 heavy (non-hydrogen) atoms. The van der Waals surface area contributed by atoms with Crippen molar-refractivity contribution in [1.29, 1.82) is 0 Å². The molecule has 1 unspecified atom stereocenters. The Morgan fingerprint density at radius 3 is 3.00 bits per heavy atom. The second kappa shape index (κ2) is 6.76. The van der Waals surface area contributed by atoms with E-state index in [9.17, 15) is 0 Å². The van der Waals surface area contributed by atoms with Crippen molar-refractivity contribution in [1.82, 2.24) is 5.32 Å². The molecule has 0 spiro atoms. The molecule has 3 heteroatoms. The molecule has 100 valence electrons. The number of rotatable bonds is 6. The molecule has 0 saturated carbocycles. The summed E-state index contributed by atoms with van der Waals surface area (Å²) in [4.78, 5) is 2.53. The third kappa shape index (κ3) is 3.03. The van der Waals surface area contributed by atoms with Gasteiger partial charge < -0.3 is 15.3 Å². The van der Waals surface area contributed by atoms with E-state index in [0.29, 0.717) is 12.6 Å². The fourth-order valence-electron chi connectivity index (χ4n) is 2.91. The quantitative estimate of drug-likeness (QED) is 0.809. The molecule has 0 aliphatic carbocycles. The van der Waals surface area contributed by atoms with E-state index in [0.717, 1.165) is 25.9 Å².